The maximum Gasteiger partial charge on any atom is 0.339 e. The van der Waals surface area contributed by atoms with E-state index in [-0.39, 0.29) is 23.9 Å². The highest BCUT2D eigenvalue weighted by atomic mass is 32.2. The first kappa shape index (κ1) is 18.1. The molecule has 1 aliphatic rings. The fourth-order valence-corrected chi connectivity index (χ4v) is 3.35. The molecule has 2 amide bonds. The summed E-state index contributed by atoms with van der Waals surface area (Å²) in [5, 5.41) is 0. The summed E-state index contributed by atoms with van der Waals surface area (Å²) < 4.78 is 16.7. The van der Waals surface area contributed by atoms with Crippen molar-refractivity contribution in [2.75, 3.05) is 26.0 Å². The van der Waals surface area contributed by atoms with Gasteiger partial charge in [0, 0.05) is 19.3 Å². The van der Waals surface area contributed by atoms with Gasteiger partial charge in [-0.3, -0.25) is 13.8 Å². The van der Waals surface area contributed by atoms with E-state index < -0.39 is 29.3 Å². The minimum atomic E-state index is -1.34. The van der Waals surface area contributed by atoms with Crippen LogP contribution in [0.1, 0.15) is 23.2 Å². The Morgan fingerprint density at radius 2 is 2.04 bits per heavy atom. The van der Waals surface area contributed by atoms with Crippen molar-refractivity contribution < 1.29 is 23.3 Å². The molecule has 2 rings (SSSR count). The Bertz CT molecular complexity index is 676. The molecule has 0 aromatic heterocycles. The Balaban J connectivity index is 1.95. The summed E-state index contributed by atoms with van der Waals surface area (Å²) in [6.45, 7) is 0.339. The Labute approximate surface area is 142 Å². The van der Waals surface area contributed by atoms with Gasteiger partial charge < -0.3 is 15.4 Å². The van der Waals surface area contributed by atoms with Gasteiger partial charge in [-0.25, -0.2) is 4.79 Å². The molecule has 0 saturated carbocycles. The number of ether oxygens (including phenoxy) is 1. The standard InChI is InChI=1S/C16H20N2O5S/c1-24(22)13-7-3-2-6-12(13)16(21)23-10-14(19)18-8-4-5-11(9-18)15(17)20/h2-3,6-7,11H,4-5,8-10H2,1H3,(H2,17,20)/t11-,24-/m1/s1. The molecule has 0 unspecified atom stereocenters. The molecule has 2 N–H and O–H groups in total. The number of hydrogen-bond acceptors (Lipinski definition) is 5. The second-order valence-corrected chi connectivity index (χ2v) is 6.96. The molecule has 1 aromatic carbocycles. The van der Waals surface area contributed by atoms with Crippen molar-refractivity contribution in [3.8, 4) is 0 Å². The molecule has 7 nitrogen and oxygen atoms in total. The third-order valence-corrected chi connectivity index (χ3v) is 4.90. The number of carbonyl (C=O) groups excluding carboxylic acids is 3. The molecule has 1 fully saturated rings. The molecular weight excluding hydrogens is 332 g/mol. The molecular formula is C16H20N2O5S. The Morgan fingerprint density at radius 3 is 2.71 bits per heavy atom. The molecule has 24 heavy (non-hydrogen) atoms. The summed E-state index contributed by atoms with van der Waals surface area (Å²) in [4.78, 5) is 37.4. The normalized spacial score (nSPS) is 18.7. The third-order valence-electron chi connectivity index (χ3n) is 3.92. The van der Waals surface area contributed by atoms with Crippen LogP contribution < -0.4 is 5.73 Å². The molecule has 0 radical (unpaired) electrons. The average Bonchev–Trinajstić information content (AvgIpc) is 2.59. The lowest BCUT2D eigenvalue weighted by atomic mass is 9.97. The molecule has 1 heterocycles. The van der Waals surface area contributed by atoms with Crippen molar-refractivity contribution in [3.05, 3.63) is 29.8 Å². The summed E-state index contributed by atoms with van der Waals surface area (Å²) in [7, 11) is -1.34. The van der Waals surface area contributed by atoms with Gasteiger partial charge in [0.05, 0.1) is 27.2 Å². The van der Waals surface area contributed by atoms with Crippen LogP contribution in [0.2, 0.25) is 0 Å². The average molecular weight is 352 g/mol. The Morgan fingerprint density at radius 1 is 1.33 bits per heavy atom. The van der Waals surface area contributed by atoms with Crippen LogP contribution in [-0.2, 0) is 25.1 Å². The molecule has 2 atom stereocenters. The number of nitrogens with two attached hydrogens (primary N) is 1. The van der Waals surface area contributed by atoms with Crippen LogP contribution in [0.15, 0.2) is 29.2 Å². The van der Waals surface area contributed by atoms with Crippen LogP contribution in [0.5, 0.6) is 0 Å². The van der Waals surface area contributed by atoms with Gasteiger partial charge in [-0.2, -0.15) is 0 Å². The summed E-state index contributed by atoms with van der Waals surface area (Å²) in [5.74, 6) is -1.85. The fourth-order valence-electron chi connectivity index (χ4n) is 2.62. The summed E-state index contributed by atoms with van der Waals surface area (Å²) in [6, 6.07) is 6.40. The zero-order valence-electron chi connectivity index (χ0n) is 13.4. The highest BCUT2D eigenvalue weighted by molar-refractivity contribution is 7.84. The number of nitrogens with zero attached hydrogens (tertiary/aromatic N) is 1. The second-order valence-electron chi connectivity index (χ2n) is 5.61. The second kappa shape index (κ2) is 8.05. The van der Waals surface area contributed by atoms with E-state index in [2.05, 4.69) is 0 Å². The van der Waals surface area contributed by atoms with E-state index in [1.807, 2.05) is 0 Å². The SMILES string of the molecule is C[S@@](=O)c1ccccc1C(=O)OCC(=O)N1CCC[C@@H](C(N)=O)C1. The lowest BCUT2D eigenvalue weighted by Crippen LogP contribution is -2.45. The number of rotatable bonds is 5. The monoisotopic (exact) mass is 352 g/mol. The highest BCUT2D eigenvalue weighted by Crippen LogP contribution is 2.17. The fraction of sp³-hybridized carbons (Fsp3) is 0.438. The van der Waals surface area contributed by atoms with E-state index in [4.69, 9.17) is 10.5 Å². The Hall–Kier alpha value is -2.22. The van der Waals surface area contributed by atoms with Gasteiger partial charge in [-0.15, -0.1) is 0 Å². The van der Waals surface area contributed by atoms with E-state index in [0.717, 1.165) is 0 Å². The van der Waals surface area contributed by atoms with Crippen LogP contribution in [0, 0.1) is 5.92 Å². The largest absolute Gasteiger partial charge is 0.452 e. The van der Waals surface area contributed by atoms with Crippen molar-refractivity contribution in [2.24, 2.45) is 11.7 Å². The number of piperidine rings is 1. The van der Waals surface area contributed by atoms with Crippen LogP contribution in [0.4, 0.5) is 0 Å². The number of hydrogen-bond donors (Lipinski definition) is 1. The molecule has 1 aromatic rings. The molecule has 0 bridgehead atoms. The number of benzene rings is 1. The molecule has 0 spiro atoms. The minimum Gasteiger partial charge on any atom is -0.452 e. The van der Waals surface area contributed by atoms with Gasteiger partial charge in [-0.05, 0) is 25.0 Å². The van der Waals surface area contributed by atoms with E-state index in [1.165, 1.54) is 17.2 Å². The summed E-state index contributed by atoms with van der Waals surface area (Å²) >= 11 is 0. The van der Waals surface area contributed by atoms with Gasteiger partial charge in [-0.1, -0.05) is 12.1 Å². The van der Waals surface area contributed by atoms with E-state index in [9.17, 15) is 18.6 Å². The van der Waals surface area contributed by atoms with E-state index >= 15 is 0 Å². The molecule has 1 saturated heterocycles. The van der Waals surface area contributed by atoms with Crippen molar-refractivity contribution in [2.45, 2.75) is 17.7 Å². The van der Waals surface area contributed by atoms with Crippen LogP contribution >= 0.6 is 0 Å². The summed E-state index contributed by atoms with van der Waals surface area (Å²) in [5.41, 5.74) is 5.46. The summed E-state index contributed by atoms with van der Waals surface area (Å²) in [6.07, 6.45) is 2.81. The van der Waals surface area contributed by atoms with Gasteiger partial charge in [0.25, 0.3) is 5.91 Å². The predicted molar refractivity (Wildman–Crippen MR) is 87.6 cm³/mol. The zero-order valence-corrected chi connectivity index (χ0v) is 14.2. The zero-order chi connectivity index (χ0) is 17.7. The quantitative estimate of drug-likeness (QED) is 0.767. The van der Waals surface area contributed by atoms with Gasteiger partial charge in [0.2, 0.25) is 5.91 Å². The van der Waals surface area contributed by atoms with Crippen LogP contribution in [0.25, 0.3) is 0 Å². The maximum atomic E-state index is 12.2. The van der Waals surface area contributed by atoms with Crippen LogP contribution in [-0.4, -0.2) is 52.8 Å². The first-order valence-corrected chi connectivity index (χ1v) is 9.12. The predicted octanol–water partition coefficient (Wildman–Crippen LogP) is 0.305. The first-order chi connectivity index (χ1) is 11.4. The Kier molecular flexibility index (Phi) is 6.08. The van der Waals surface area contributed by atoms with Gasteiger partial charge >= 0.3 is 5.97 Å². The third kappa shape index (κ3) is 4.41. The number of primary amides is 1. The lowest BCUT2D eigenvalue weighted by Gasteiger charge is -2.31. The smallest absolute Gasteiger partial charge is 0.339 e. The van der Waals surface area contributed by atoms with Gasteiger partial charge in [0.1, 0.15) is 0 Å². The van der Waals surface area contributed by atoms with Crippen molar-refractivity contribution >= 4 is 28.6 Å². The van der Waals surface area contributed by atoms with E-state index in [0.29, 0.717) is 24.3 Å². The molecule has 0 aliphatic carbocycles. The number of amides is 2. The first-order valence-electron chi connectivity index (χ1n) is 7.57. The van der Waals surface area contributed by atoms with Crippen molar-refractivity contribution in [1.82, 2.24) is 4.90 Å². The van der Waals surface area contributed by atoms with E-state index in [1.54, 1.807) is 18.2 Å². The minimum absolute atomic E-state index is 0.180. The number of likely N-dealkylation sites (tertiary alicyclic amines) is 1. The number of carbonyl (C=O) groups is 3. The maximum absolute atomic E-state index is 12.2. The lowest BCUT2D eigenvalue weighted by molar-refractivity contribution is -0.137. The molecule has 1 aliphatic heterocycles. The van der Waals surface area contributed by atoms with Gasteiger partial charge in [0.15, 0.2) is 6.61 Å². The molecule has 8 heteroatoms. The van der Waals surface area contributed by atoms with Crippen molar-refractivity contribution in [1.29, 1.82) is 0 Å². The highest BCUT2D eigenvalue weighted by Gasteiger charge is 2.27. The van der Waals surface area contributed by atoms with Crippen molar-refractivity contribution in [3.63, 3.8) is 0 Å². The van der Waals surface area contributed by atoms with Crippen LogP contribution in [0.3, 0.4) is 0 Å². The number of esters is 1. The molecule has 130 valence electrons. The topological polar surface area (TPSA) is 107 Å².